The van der Waals surface area contributed by atoms with E-state index in [2.05, 4.69) is 6.92 Å². The second kappa shape index (κ2) is 5.61. The van der Waals surface area contributed by atoms with Gasteiger partial charge in [-0.1, -0.05) is 27.2 Å². The fraction of sp³-hybridized carbons (Fsp3) is 1.00. The maximum absolute atomic E-state index is 10.1. The van der Waals surface area contributed by atoms with Crippen LogP contribution in [-0.4, -0.2) is 21.9 Å². The molecule has 13 heavy (non-hydrogen) atoms. The van der Waals surface area contributed by atoms with Crippen LogP contribution in [-0.2, 0) is 0 Å². The minimum atomic E-state index is -0.572. The monoisotopic (exact) mass is 188 g/mol. The molecule has 0 saturated heterocycles. The predicted octanol–water partition coefficient (Wildman–Crippen LogP) is 2.33. The van der Waals surface area contributed by atoms with E-state index in [9.17, 15) is 10.2 Å². The number of hydrogen-bond acceptors (Lipinski definition) is 2. The maximum Gasteiger partial charge on any atom is 0.0646 e. The van der Waals surface area contributed by atoms with E-state index in [1.54, 1.807) is 6.92 Å². The lowest BCUT2D eigenvalue weighted by Crippen LogP contribution is -2.33. The van der Waals surface area contributed by atoms with Gasteiger partial charge in [0.2, 0.25) is 0 Å². The molecule has 0 spiro atoms. The van der Waals surface area contributed by atoms with Crippen LogP contribution in [0.2, 0.25) is 0 Å². The van der Waals surface area contributed by atoms with Crippen LogP contribution in [0.3, 0.4) is 0 Å². The highest BCUT2D eigenvalue weighted by Gasteiger charge is 2.27. The summed E-state index contributed by atoms with van der Waals surface area (Å²) in [5, 5.41) is 19.5. The molecule has 2 heteroatoms. The summed E-state index contributed by atoms with van der Waals surface area (Å²) in [6, 6.07) is 0. The lowest BCUT2D eigenvalue weighted by molar-refractivity contribution is -0.0156. The van der Waals surface area contributed by atoms with Crippen molar-refractivity contribution in [3.8, 4) is 0 Å². The molecule has 0 radical (unpaired) electrons. The van der Waals surface area contributed by atoms with E-state index in [1.807, 2.05) is 13.8 Å². The molecule has 0 bridgehead atoms. The molecular formula is C11H24O2. The van der Waals surface area contributed by atoms with E-state index in [4.69, 9.17) is 0 Å². The molecule has 0 aromatic heterocycles. The summed E-state index contributed by atoms with van der Waals surface area (Å²) < 4.78 is 0. The van der Waals surface area contributed by atoms with Crippen molar-refractivity contribution in [1.82, 2.24) is 0 Å². The van der Waals surface area contributed by atoms with E-state index < -0.39 is 5.60 Å². The number of aliphatic hydroxyl groups excluding tert-OH is 1. The average molecular weight is 188 g/mol. The van der Waals surface area contributed by atoms with E-state index in [0.29, 0.717) is 6.42 Å². The minimum absolute atomic E-state index is 0.227. The first-order chi connectivity index (χ1) is 5.99. The Labute approximate surface area is 82.0 Å². The molecule has 2 unspecified atom stereocenters. The summed E-state index contributed by atoms with van der Waals surface area (Å²) in [5.74, 6) is 0.227. The van der Waals surface area contributed by atoms with Gasteiger partial charge in [-0.15, -0.1) is 0 Å². The van der Waals surface area contributed by atoms with Crippen molar-refractivity contribution >= 4 is 0 Å². The molecule has 80 valence electrons. The molecule has 0 aliphatic heterocycles. The quantitative estimate of drug-likeness (QED) is 0.671. The lowest BCUT2D eigenvalue weighted by Gasteiger charge is -2.31. The normalized spacial score (nSPS) is 17.1. The molecule has 2 N–H and O–H groups in total. The van der Waals surface area contributed by atoms with Gasteiger partial charge in [0.05, 0.1) is 11.7 Å². The third-order valence-electron chi connectivity index (χ3n) is 3.16. The summed E-state index contributed by atoms with van der Waals surface area (Å²) in [6.07, 6.45) is 2.88. The van der Waals surface area contributed by atoms with Crippen molar-refractivity contribution in [3.63, 3.8) is 0 Å². The molecule has 0 aliphatic carbocycles. The molecule has 0 saturated carbocycles. The molecule has 0 rings (SSSR count). The average Bonchev–Trinajstić information content (AvgIpc) is 2.13. The van der Waals surface area contributed by atoms with Crippen molar-refractivity contribution in [1.29, 1.82) is 0 Å². The highest BCUT2D eigenvalue weighted by molar-refractivity contribution is 4.80. The van der Waals surface area contributed by atoms with Gasteiger partial charge in [0.15, 0.2) is 0 Å². The van der Waals surface area contributed by atoms with Crippen LogP contribution in [0.1, 0.15) is 53.4 Å². The molecule has 2 atom stereocenters. The maximum atomic E-state index is 10.1. The van der Waals surface area contributed by atoms with Gasteiger partial charge in [0.1, 0.15) is 0 Å². The number of hydrogen-bond donors (Lipinski definition) is 2. The standard InChI is InChI=1S/C11H24O2/c1-5-10(9(4)12)8-11(13,6-2)7-3/h9-10,12-13H,5-8H2,1-4H3. The summed E-state index contributed by atoms with van der Waals surface area (Å²) in [4.78, 5) is 0. The highest BCUT2D eigenvalue weighted by Crippen LogP contribution is 2.27. The number of rotatable bonds is 6. The summed E-state index contributed by atoms with van der Waals surface area (Å²) >= 11 is 0. The first kappa shape index (κ1) is 12.9. The lowest BCUT2D eigenvalue weighted by atomic mass is 9.83. The van der Waals surface area contributed by atoms with Gasteiger partial charge < -0.3 is 10.2 Å². The van der Waals surface area contributed by atoms with Gasteiger partial charge in [0.25, 0.3) is 0 Å². The van der Waals surface area contributed by atoms with Crippen molar-refractivity contribution in [2.45, 2.75) is 65.1 Å². The van der Waals surface area contributed by atoms with Gasteiger partial charge in [0, 0.05) is 0 Å². The van der Waals surface area contributed by atoms with Gasteiger partial charge in [-0.25, -0.2) is 0 Å². The van der Waals surface area contributed by atoms with Crippen molar-refractivity contribution in [2.24, 2.45) is 5.92 Å². The van der Waals surface area contributed by atoms with E-state index in [-0.39, 0.29) is 12.0 Å². The van der Waals surface area contributed by atoms with Gasteiger partial charge in [-0.2, -0.15) is 0 Å². The van der Waals surface area contributed by atoms with Crippen LogP contribution < -0.4 is 0 Å². The van der Waals surface area contributed by atoms with Gasteiger partial charge in [-0.3, -0.25) is 0 Å². The van der Waals surface area contributed by atoms with Crippen LogP contribution in [0, 0.1) is 5.92 Å². The SMILES string of the molecule is CCC(CC(O)(CC)CC)C(C)O. The molecule has 0 aromatic carbocycles. The Morgan fingerprint density at radius 1 is 1.15 bits per heavy atom. The second-order valence-electron chi connectivity index (χ2n) is 4.04. The van der Waals surface area contributed by atoms with Crippen LogP contribution in [0.5, 0.6) is 0 Å². The van der Waals surface area contributed by atoms with E-state index in [1.165, 1.54) is 0 Å². The Morgan fingerprint density at radius 3 is 1.85 bits per heavy atom. The van der Waals surface area contributed by atoms with Crippen LogP contribution >= 0.6 is 0 Å². The Morgan fingerprint density at radius 2 is 1.62 bits per heavy atom. The van der Waals surface area contributed by atoms with Gasteiger partial charge >= 0.3 is 0 Å². The third kappa shape index (κ3) is 4.10. The van der Waals surface area contributed by atoms with Crippen molar-refractivity contribution in [3.05, 3.63) is 0 Å². The number of aliphatic hydroxyl groups is 2. The van der Waals surface area contributed by atoms with Crippen molar-refractivity contribution < 1.29 is 10.2 Å². The third-order valence-corrected chi connectivity index (χ3v) is 3.16. The Bertz CT molecular complexity index is 128. The van der Waals surface area contributed by atoms with E-state index >= 15 is 0 Å². The fourth-order valence-electron chi connectivity index (χ4n) is 1.68. The zero-order valence-corrected chi connectivity index (χ0v) is 9.38. The van der Waals surface area contributed by atoms with Crippen LogP contribution in [0.25, 0.3) is 0 Å². The smallest absolute Gasteiger partial charge is 0.0646 e. The van der Waals surface area contributed by atoms with Crippen LogP contribution in [0.15, 0.2) is 0 Å². The molecule has 0 aliphatic rings. The summed E-state index contributed by atoms with van der Waals surface area (Å²) in [7, 11) is 0. The van der Waals surface area contributed by atoms with Gasteiger partial charge in [-0.05, 0) is 32.1 Å². The van der Waals surface area contributed by atoms with E-state index in [0.717, 1.165) is 19.3 Å². The topological polar surface area (TPSA) is 40.5 Å². The van der Waals surface area contributed by atoms with Crippen LogP contribution in [0.4, 0.5) is 0 Å². The van der Waals surface area contributed by atoms with Crippen molar-refractivity contribution in [2.75, 3.05) is 0 Å². The Balaban J connectivity index is 4.19. The molecule has 0 aromatic rings. The first-order valence-electron chi connectivity index (χ1n) is 5.39. The zero-order valence-electron chi connectivity index (χ0n) is 9.38. The predicted molar refractivity (Wildman–Crippen MR) is 55.6 cm³/mol. The largest absolute Gasteiger partial charge is 0.393 e. The highest BCUT2D eigenvalue weighted by atomic mass is 16.3. The zero-order chi connectivity index (χ0) is 10.5. The second-order valence-corrected chi connectivity index (χ2v) is 4.04. The Kier molecular flexibility index (Phi) is 5.57. The minimum Gasteiger partial charge on any atom is -0.393 e. The molecular weight excluding hydrogens is 164 g/mol. The summed E-state index contributed by atoms with van der Waals surface area (Å²) in [5.41, 5.74) is -0.572. The molecule has 2 nitrogen and oxygen atoms in total. The fourth-order valence-corrected chi connectivity index (χ4v) is 1.68. The summed E-state index contributed by atoms with van der Waals surface area (Å²) in [6.45, 7) is 7.86. The first-order valence-corrected chi connectivity index (χ1v) is 5.39. The molecule has 0 heterocycles. The molecule has 0 amide bonds. The Hall–Kier alpha value is -0.0800. The molecule has 0 fully saturated rings.